The van der Waals surface area contributed by atoms with Crippen LogP contribution in [0.5, 0.6) is 0 Å². The van der Waals surface area contributed by atoms with E-state index < -0.39 is 0 Å². The molecule has 3 aromatic rings. The van der Waals surface area contributed by atoms with E-state index in [0.717, 1.165) is 12.0 Å². The Morgan fingerprint density at radius 1 is 1.27 bits per heavy atom. The molecule has 22 heavy (non-hydrogen) atoms. The van der Waals surface area contributed by atoms with Crippen molar-refractivity contribution < 1.29 is 4.79 Å². The molecule has 0 unspecified atom stereocenters. The molecule has 1 amide bonds. The highest BCUT2D eigenvalue weighted by atomic mass is 35.5. The number of halogens is 1. The Labute approximate surface area is 131 Å². The lowest BCUT2D eigenvalue weighted by atomic mass is 10.1. The zero-order valence-corrected chi connectivity index (χ0v) is 12.2. The summed E-state index contributed by atoms with van der Waals surface area (Å²) in [5.74, 6) is 1.11. The van der Waals surface area contributed by atoms with Crippen LogP contribution in [0.2, 0.25) is 5.02 Å². The van der Waals surface area contributed by atoms with Crippen molar-refractivity contribution in [3.05, 3.63) is 53.4 Å². The fourth-order valence-corrected chi connectivity index (χ4v) is 2.93. The van der Waals surface area contributed by atoms with Crippen molar-refractivity contribution >= 4 is 29.1 Å². The molecule has 2 heterocycles. The van der Waals surface area contributed by atoms with Gasteiger partial charge in [0.15, 0.2) is 0 Å². The number of benzene rings is 1. The van der Waals surface area contributed by atoms with Gasteiger partial charge in [-0.15, -0.1) is 0 Å². The molecule has 0 radical (unpaired) electrons. The van der Waals surface area contributed by atoms with Gasteiger partial charge in [-0.25, -0.2) is 4.98 Å². The number of nitrogens with zero attached hydrogens (tertiary/aromatic N) is 4. The van der Waals surface area contributed by atoms with Crippen molar-refractivity contribution in [1.82, 2.24) is 19.6 Å². The van der Waals surface area contributed by atoms with Crippen LogP contribution in [0.1, 0.15) is 17.9 Å². The van der Waals surface area contributed by atoms with Crippen LogP contribution in [0.3, 0.4) is 0 Å². The predicted molar refractivity (Wildman–Crippen MR) is 81.7 cm³/mol. The first kappa shape index (κ1) is 13.2. The van der Waals surface area contributed by atoms with E-state index in [1.165, 1.54) is 10.8 Å². The zero-order chi connectivity index (χ0) is 15.1. The Hall–Kier alpha value is -2.47. The van der Waals surface area contributed by atoms with Crippen LogP contribution < -0.4 is 5.32 Å². The van der Waals surface area contributed by atoms with Gasteiger partial charge in [0.2, 0.25) is 5.91 Å². The van der Waals surface area contributed by atoms with E-state index in [1.54, 1.807) is 12.3 Å². The summed E-state index contributed by atoms with van der Waals surface area (Å²) < 4.78 is 1.50. The van der Waals surface area contributed by atoms with E-state index in [9.17, 15) is 4.79 Å². The topological polar surface area (TPSA) is 72.2 Å². The second-order valence-electron chi connectivity index (χ2n) is 5.26. The molecule has 0 bridgehead atoms. The van der Waals surface area contributed by atoms with Gasteiger partial charge >= 0.3 is 0 Å². The Morgan fingerprint density at radius 2 is 2.14 bits per heavy atom. The van der Waals surface area contributed by atoms with Gasteiger partial charge < -0.3 is 5.32 Å². The Balaban J connectivity index is 1.53. The predicted octanol–water partition coefficient (Wildman–Crippen LogP) is 2.52. The molecule has 1 N–H and O–H groups in total. The van der Waals surface area contributed by atoms with Gasteiger partial charge in [-0.3, -0.25) is 4.79 Å². The highest BCUT2D eigenvalue weighted by Gasteiger charge is 2.44. The van der Waals surface area contributed by atoms with Gasteiger partial charge in [-0.2, -0.15) is 14.6 Å². The molecule has 1 aliphatic carbocycles. The van der Waals surface area contributed by atoms with Gasteiger partial charge in [-0.1, -0.05) is 29.8 Å². The number of nitrogens with one attached hydrogen (secondary N) is 1. The minimum Gasteiger partial charge on any atom is -0.310 e. The van der Waals surface area contributed by atoms with Crippen LogP contribution in [0.15, 0.2) is 42.9 Å². The molecule has 7 heteroatoms. The summed E-state index contributed by atoms with van der Waals surface area (Å²) in [6.07, 6.45) is 3.81. The number of anilines is 1. The van der Waals surface area contributed by atoms with Crippen LogP contribution in [0, 0.1) is 5.92 Å². The third-order valence-corrected chi connectivity index (χ3v) is 4.21. The van der Waals surface area contributed by atoms with E-state index >= 15 is 0 Å². The molecule has 1 aliphatic rings. The Morgan fingerprint density at radius 3 is 3.00 bits per heavy atom. The fourth-order valence-electron chi connectivity index (χ4n) is 2.66. The summed E-state index contributed by atoms with van der Waals surface area (Å²) in [5, 5.41) is 7.65. The lowest BCUT2D eigenvalue weighted by Crippen LogP contribution is -2.17. The van der Waals surface area contributed by atoms with Crippen LogP contribution >= 0.6 is 11.6 Å². The molecule has 0 spiro atoms. The highest BCUT2D eigenvalue weighted by Crippen LogP contribution is 2.49. The van der Waals surface area contributed by atoms with Crippen molar-refractivity contribution in [2.24, 2.45) is 5.92 Å². The molecule has 1 aromatic carbocycles. The van der Waals surface area contributed by atoms with Crippen LogP contribution in [0.25, 0.3) is 5.78 Å². The number of hydrogen-bond acceptors (Lipinski definition) is 4. The molecule has 2 aromatic heterocycles. The summed E-state index contributed by atoms with van der Waals surface area (Å²) in [4.78, 5) is 20.5. The Kier molecular flexibility index (Phi) is 3.04. The van der Waals surface area contributed by atoms with Crippen molar-refractivity contribution in [3.63, 3.8) is 0 Å². The summed E-state index contributed by atoms with van der Waals surface area (Å²) in [6.45, 7) is 0. The molecule has 0 saturated heterocycles. The summed E-state index contributed by atoms with van der Waals surface area (Å²) in [6, 6.07) is 9.36. The largest absolute Gasteiger partial charge is 0.310 e. The van der Waals surface area contributed by atoms with Gasteiger partial charge in [0.05, 0.1) is 0 Å². The highest BCUT2D eigenvalue weighted by molar-refractivity contribution is 6.31. The number of aromatic nitrogens is 4. The van der Waals surface area contributed by atoms with E-state index in [2.05, 4.69) is 20.4 Å². The van der Waals surface area contributed by atoms with Crippen molar-refractivity contribution in [3.8, 4) is 0 Å². The van der Waals surface area contributed by atoms with E-state index in [4.69, 9.17) is 11.6 Å². The zero-order valence-electron chi connectivity index (χ0n) is 11.5. The van der Waals surface area contributed by atoms with Crippen LogP contribution in [0.4, 0.5) is 5.82 Å². The second-order valence-corrected chi connectivity index (χ2v) is 5.67. The van der Waals surface area contributed by atoms with Crippen molar-refractivity contribution in [2.45, 2.75) is 12.3 Å². The number of carbonyl (C=O) groups excluding carboxylic acids is 1. The molecule has 1 fully saturated rings. The molecule has 4 rings (SSSR count). The van der Waals surface area contributed by atoms with Gasteiger partial charge in [0.25, 0.3) is 5.78 Å². The molecular formula is C15H12ClN5O. The average molecular weight is 314 g/mol. The van der Waals surface area contributed by atoms with E-state index in [-0.39, 0.29) is 17.7 Å². The van der Waals surface area contributed by atoms with Gasteiger partial charge in [0, 0.05) is 17.1 Å². The second kappa shape index (κ2) is 5.06. The standard InChI is InChI=1S/C15H12ClN5O/c16-12-4-2-1-3-9(12)10-7-11(10)14(22)20-13-5-6-17-15-18-8-19-21(13)15/h1-6,8,10-11H,7H2,(H,20,22)/t10-,11-/m1/s1. The number of hydrogen-bond donors (Lipinski definition) is 1. The quantitative estimate of drug-likeness (QED) is 0.806. The van der Waals surface area contributed by atoms with Crippen LogP contribution in [-0.4, -0.2) is 25.5 Å². The van der Waals surface area contributed by atoms with Crippen molar-refractivity contribution in [1.29, 1.82) is 0 Å². The maximum Gasteiger partial charge on any atom is 0.254 e. The van der Waals surface area contributed by atoms with E-state index in [0.29, 0.717) is 16.6 Å². The third-order valence-electron chi connectivity index (χ3n) is 3.86. The maximum atomic E-state index is 12.4. The lowest BCUT2D eigenvalue weighted by molar-refractivity contribution is -0.117. The lowest BCUT2D eigenvalue weighted by Gasteiger charge is -2.06. The summed E-state index contributed by atoms with van der Waals surface area (Å²) in [5.41, 5.74) is 1.03. The third kappa shape index (κ3) is 2.21. The molecule has 0 aliphatic heterocycles. The minimum absolute atomic E-state index is 0.0343. The first-order chi connectivity index (χ1) is 10.7. The summed E-state index contributed by atoms with van der Waals surface area (Å²) in [7, 11) is 0. The number of rotatable bonds is 3. The normalized spacial score (nSPS) is 20.0. The minimum atomic E-state index is -0.0633. The van der Waals surface area contributed by atoms with Gasteiger partial charge in [-0.05, 0) is 30.0 Å². The van der Waals surface area contributed by atoms with Crippen LogP contribution in [-0.2, 0) is 4.79 Å². The molecule has 2 atom stereocenters. The van der Waals surface area contributed by atoms with E-state index in [1.807, 2.05) is 24.3 Å². The molecule has 6 nitrogen and oxygen atoms in total. The molecule has 110 valence electrons. The average Bonchev–Trinajstić information content (AvgIpc) is 3.16. The molecule has 1 saturated carbocycles. The Bertz CT molecular complexity index is 862. The first-order valence-corrected chi connectivity index (χ1v) is 7.32. The number of carbonyl (C=O) groups is 1. The molecular weight excluding hydrogens is 302 g/mol. The maximum absolute atomic E-state index is 12.4. The first-order valence-electron chi connectivity index (χ1n) is 6.94. The SMILES string of the molecule is O=C(Nc1ccnc2ncnn12)[C@@H]1C[C@@H]1c1ccccc1Cl. The number of amides is 1. The van der Waals surface area contributed by atoms with Gasteiger partial charge in [0.1, 0.15) is 12.1 Å². The monoisotopic (exact) mass is 313 g/mol. The van der Waals surface area contributed by atoms with Crippen molar-refractivity contribution in [2.75, 3.05) is 5.32 Å². The smallest absolute Gasteiger partial charge is 0.254 e. The fraction of sp³-hybridized carbons (Fsp3) is 0.200. The summed E-state index contributed by atoms with van der Waals surface area (Å²) >= 11 is 6.19. The number of fused-ring (bicyclic) bond motifs is 1.